The molecule has 3 aliphatic rings. The Hall–Kier alpha value is -1.62. The molecule has 0 radical (unpaired) electrons. The Morgan fingerprint density at radius 1 is 1.29 bits per heavy atom. The van der Waals surface area contributed by atoms with Gasteiger partial charge < -0.3 is 14.9 Å². The first kappa shape index (κ1) is 24.4. The summed E-state index contributed by atoms with van der Waals surface area (Å²) < 4.78 is 4.55. The highest BCUT2D eigenvalue weighted by molar-refractivity contribution is 5.73. The van der Waals surface area contributed by atoms with E-state index in [-0.39, 0.29) is 12.4 Å². The average molecular weight is 395 g/mol. The van der Waals surface area contributed by atoms with E-state index in [9.17, 15) is 9.59 Å². The first-order valence-electron chi connectivity index (χ1n) is 10.6. The van der Waals surface area contributed by atoms with Crippen molar-refractivity contribution < 1.29 is 24.5 Å². The number of aliphatic carboxylic acids is 1. The third-order valence-electron chi connectivity index (χ3n) is 5.95. The molecule has 3 unspecified atom stereocenters. The monoisotopic (exact) mass is 394 g/mol. The number of ether oxygens (including phenoxy) is 1. The molecule has 5 nitrogen and oxygen atoms in total. The van der Waals surface area contributed by atoms with Crippen LogP contribution in [0.1, 0.15) is 79.1 Å². The Balaban J connectivity index is 0.000000219. The molecule has 0 amide bonds. The van der Waals surface area contributed by atoms with E-state index in [1.54, 1.807) is 19.4 Å². The fraction of sp³-hybridized carbons (Fsp3) is 0.739. The summed E-state index contributed by atoms with van der Waals surface area (Å²) in [6, 6.07) is 0. The molecule has 160 valence electrons. The summed E-state index contributed by atoms with van der Waals surface area (Å²) in [5.41, 5.74) is 1.10. The van der Waals surface area contributed by atoms with Crippen molar-refractivity contribution in [2.75, 3.05) is 6.61 Å². The second-order valence-electron chi connectivity index (χ2n) is 8.46. The van der Waals surface area contributed by atoms with Crippen LogP contribution in [0, 0.1) is 17.3 Å². The van der Waals surface area contributed by atoms with E-state index >= 15 is 0 Å². The molecule has 28 heavy (non-hydrogen) atoms. The number of allylic oxidation sites excluding steroid dienone is 4. The maximum absolute atomic E-state index is 10.3. The normalized spacial score (nSPS) is 26.4. The quantitative estimate of drug-likeness (QED) is 0.666. The van der Waals surface area contributed by atoms with Crippen molar-refractivity contribution >= 4 is 11.9 Å². The molecule has 5 heteroatoms. The zero-order valence-electron chi connectivity index (χ0n) is 17.9. The second kappa shape index (κ2) is 12.1. The number of carbonyl (C=O) groups is 2. The number of aliphatic hydroxyl groups excluding tert-OH is 1. The van der Waals surface area contributed by atoms with Gasteiger partial charge in [0.1, 0.15) is 0 Å². The summed E-state index contributed by atoms with van der Waals surface area (Å²) >= 11 is 0. The number of fused-ring (bicyclic) bond motifs is 1. The molecule has 0 aromatic rings. The maximum atomic E-state index is 10.3. The van der Waals surface area contributed by atoms with E-state index in [0.717, 1.165) is 11.8 Å². The van der Waals surface area contributed by atoms with Crippen LogP contribution in [0.4, 0.5) is 0 Å². The summed E-state index contributed by atoms with van der Waals surface area (Å²) in [7, 11) is 0. The Morgan fingerprint density at radius 2 is 2.00 bits per heavy atom. The lowest BCUT2D eigenvalue weighted by Crippen LogP contribution is -2.24. The smallest absolute Gasteiger partial charge is 0.309 e. The molecule has 2 aliphatic carbocycles. The topological polar surface area (TPSA) is 83.8 Å². The Bertz CT molecular complexity index is 561. The van der Waals surface area contributed by atoms with Gasteiger partial charge in [-0.15, -0.1) is 0 Å². The molecular formula is C23H38O5. The summed E-state index contributed by atoms with van der Waals surface area (Å²) in [4.78, 5) is 20.5. The zero-order chi connectivity index (χ0) is 21.2. The third kappa shape index (κ3) is 8.17. The molecule has 1 heterocycles. The molecule has 3 rings (SSSR count). The molecular weight excluding hydrogens is 356 g/mol. The Morgan fingerprint density at radius 3 is 2.46 bits per heavy atom. The zero-order valence-corrected chi connectivity index (χ0v) is 17.9. The molecule has 1 aliphatic heterocycles. The number of rotatable bonds is 3. The van der Waals surface area contributed by atoms with Crippen LogP contribution in [-0.2, 0) is 14.3 Å². The predicted octanol–water partition coefficient (Wildman–Crippen LogP) is 4.89. The highest BCUT2D eigenvalue weighted by Crippen LogP contribution is 2.38. The summed E-state index contributed by atoms with van der Waals surface area (Å²) in [6.45, 7) is 8.01. The number of carboxylic acids is 1. The molecule has 0 aromatic carbocycles. The second-order valence-corrected chi connectivity index (χ2v) is 8.46. The van der Waals surface area contributed by atoms with E-state index in [4.69, 9.17) is 10.2 Å². The molecule has 0 aromatic heterocycles. The van der Waals surface area contributed by atoms with E-state index in [1.165, 1.54) is 32.1 Å². The van der Waals surface area contributed by atoms with Crippen molar-refractivity contribution in [1.29, 1.82) is 0 Å². The van der Waals surface area contributed by atoms with Crippen molar-refractivity contribution in [3.8, 4) is 0 Å². The minimum Gasteiger partial charge on any atom is -0.481 e. The number of hydrogen-bond acceptors (Lipinski definition) is 4. The third-order valence-corrected chi connectivity index (χ3v) is 5.95. The molecule has 1 fully saturated rings. The van der Waals surface area contributed by atoms with Crippen LogP contribution in [0.3, 0.4) is 0 Å². The van der Waals surface area contributed by atoms with Crippen LogP contribution in [0.25, 0.3) is 0 Å². The largest absolute Gasteiger partial charge is 0.481 e. The van der Waals surface area contributed by atoms with Crippen molar-refractivity contribution in [3.05, 3.63) is 23.8 Å². The molecule has 1 saturated heterocycles. The summed E-state index contributed by atoms with van der Waals surface area (Å²) in [5, 5.41) is 17.2. The van der Waals surface area contributed by atoms with Gasteiger partial charge in [0.15, 0.2) is 0 Å². The van der Waals surface area contributed by atoms with Crippen LogP contribution in [-0.4, -0.2) is 34.9 Å². The van der Waals surface area contributed by atoms with Crippen molar-refractivity contribution in [3.63, 3.8) is 0 Å². The lowest BCUT2D eigenvalue weighted by atomic mass is 9.73. The van der Waals surface area contributed by atoms with Crippen LogP contribution in [0.15, 0.2) is 23.8 Å². The van der Waals surface area contributed by atoms with Gasteiger partial charge in [-0.3, -0.25) is 9.59 Å². The van der Waals surface area contributed by atoms with E-state index in [1.807, 2.05) is 6.92 Å². The highest BCUT2D eigenvalue weighted by Gasteiger charge is 2.26. The van der Waals surface area contributed by atoms with Gasteiger partial charge in [0, 0.05) is 6.42 Å². The van der Waals surface area contributed by atoms with Gasteiger partial charge >= 0.3 is 11.9 Å². The van der Waals surface area contributed by atoms with Gasteiger partial charge in [0.2, 0.25) is 0 Å². The van der Waals surface area contributed by atoms with Gasteiger partial charge in [0.25, 0.3) is 0 Å². The minimum atomic E-state index is -0.722. The lowest BCUT2D eigenvalue weighted by Gasteiger charge is -2.32. The fourth-order valence-corrected chi connectivity index (χ4v) is 3.43. The predicted molar refractivity (Wildman–Crippen MR) is 111 cm³/mol. The van der Waals surface area contributed by atoms with Crippen LogP contribution < -0.4 is 0 Å². The van der Waals surface area contributed by atoms with Gasteiger partial charge in [0.05, 0.1) is 24.5 Å². The van der Waals surface area contributed by atoms with E-state index in [2.05, 4.69) is 29.9 Å². The van der Waals surface area contributed by atoms with Gasteiger partial charge in [-0.1, -0.05) is 38.5 Å². The van der Waals surface area contributed by atoms with Gasteiger partial charge in [-0.05, 0) is 63.4 Å². The Labute approximate surface area is 169 Å². The number of hydrogen-bond donors (Lipinski definition) is 2. The lowest BCUT2D eigenvalue weighted by molar-refractivity contribution is -0.151. The van der Waals surface area contributed by atoms with Gasteiger partial charge in [-0.2, -0.15) is 0 Å². The summed E-state index contributed by atoms with van der Waals surface area (Å²) in [5.74, 6) is 0.846. The first-order chi connectivity index (χ1) is 13.2. The molecule has 2 N–H and O–H groups in total. The van der Waals surface area contributed by atoms with E-state index < -0.39 is 17.5 Å². The van der Waals surface area contributed by atoms with Crippen molar-refractivity contribution in [2.24, 2.45) is 17.3 Å². The maximum Gasteiger partial charge on any atom is 0.309 e. The highest BCUT2D eigenvalue weighted by atomic mass is 16.5. The molecule has 3 atom stereocenters. The fourth-order valence-electron chi connectivity index (χ4n) is 3.43. The summed E-state index contributed by atoms with van der Waals surface area (Å²) in [6.07, 6.45) is 15.0. The number of aliphatic hydroxyl groups is 1. The van der Waals surface area contributed by atoms with E-state index in [0.29, 0.717) is 19.4 Å². The molecule has 0 spiro atoms. The average Bonchev–Trinajstić information content (AvgIpc) is 2.68. The molecule has 0 saturated carbocycles. The van der Waals surface area contributed by atoms with Crippen molar-refractivity contribution in [2.45, 2.75) is 85.2 Å². The van der Waals surface area contributed by atoms with Gasteiger partial charge in [-0.25, -0.2) is 0 Å². The first-order valence-corrected chi connectivity index (χ1v) is 10.6. The van der Waals surface area contributed by atoms with Crippen molar-refractivity contribution in [1.82, 2.24) is 0 Å². The molecule has 0 bridgehead atoms. The number of carbonyl (C=O) groups excluding carboxylic acids is 1. The number of cyclic esters (lactones) is 1. The number of carboxylic acid groups (broad SMARTS) is 1. The standard InChI is InChI=1S/C12H18.C6H12O2.C5H8O3/c1-2-10-7-5-8-11-6-3-4-9-12(10)11;1-4-6(2,3)5(7)8;6-4-1-2-8-5(7)3-4/h5-6,8,10,12H,2-4,7,9H2,1H3;4H2,1-3H3,(H,7,8);4,6H,1-3H2. The van der Waals surface area contributed by atoms with Crippen LogP contribution >= 0.6 is 0 Å². The van der Waals surface area contributed by atoms with Crippen LogP contribution in [0.5, 0.6) is 0 Å². The van der Waals surface area contributed by atoms with Crippen LogP contribution in [0.2, 0.25) is 0 Å². The Kier molecular flexibility index (Phi) is 10.5. The number of esters is 1. The SMILES string of the molecule is CCC(C)(C)C(=O)O.CCC1CC=CC2=CCCCC21.O=C1CC(O)CCO1. The minimum absolute atomic E-state index is 0.167.